The summed E-state index contributed by atoms with van der Waals surface area (Å²) in [6.45, 7) is 7.76. The fourth-order valence-corrected chi connectivity index (χ4v) is 3.20. The van der Waals surface area contributed by atoms with Crippen molar-refractivity contribution in [3.8, 4) is 0 Å². The minimum Gasteiger partial charge on any atom is -0.393 e. The largest absolute Gasteiger partial charge is 0.393 e. The van der Waals surface area contributed by atoms with Crippen molar-refractivity contribution in [2.24, 2.45) is 0 Å². The first-order valence-corrected chi connectivity index (χ1v) is 6.54. The number of hydrogen-bond donors (Lipinski definition) is 1. The molecule has 0 bridgehead atoms. The Labute approximate surface area is 96.2 Å². The summed E-state index contributed by atoms with van der Waals surface area (Å²) in [5.74, 6) is 0.190. The molecule has 3 atom stereocenters. The highest BCUT2D eigenvalue weighted by molar-refractivity contribution is 8.00. The van der Waals surface area contributed by atoms with Crippen LogP contribution in [0.5, 0.6) is 0 Å². The van der Waals surface area contributed by atoms with Crippen molar-refractivity contribution in [2.45, 2.75) is 50.2 Å². The van der Waals surface area contributed by atoms with Crippen LogP contribution in [0.3, 0.4) is 0 Å². The lowest BCUT2D eigenvalue weighted by molar-refractivity contribution is -0.131. The molecule has 15 heavy (non-hydrogen) atoms. The van der Waals surface area contributed by atoms with E-state index in [0.29, 0.717) is 23.3 Å². The van der Waals surface area contributed by atoms with Crippen molar-refractivity contribution in [2.75, 3.05) is 13.1 Å². The Balaban J connectivity index is 2.38. The fraction of sp³-hybridized carbons (Fsp3) is 0.909. The predicted octanol–water partition coefficient (Wildman–Crippen LogP) is 1.50. The molecular weight excluding hydrogens is 210 g/mol. The highest BCUT2D eigenvalue weighted by Crippen LogP contribution is 2.25. The lowest BCUT2D eigenvalue weighted by Crippen LogP contribution is -2.44. The predicted molar refractivity (Wildman–Crippen MR) is 64.0 cm³/mol. The fourth-order valence-electron chi connectivity index (χ4n) is 1.87. The minimum atomic E-state index is -0.372. The van der Waals surface area contributed by atoms with E-state index in [9.17, 15) is 4.79 Å². The molecule has 0 spiro atoms. The third kappa shape index (κ3) is 4.43. The van der Waals surface area contributed by atoms with Crippen LogP contribution in [0.2, 0.25) is 0 Å². The van der Waals surface area contributed by atoms with Crippen LogP contribution < -0.4 is 0 Å². The molecule has 0 aromatic heterocycles. The molecule has 0 radical (unpaired) electrons. The van der Waals surface area contributed by atoms with Crippen LogP contribution in [0.4, 0.5) is 0 Å². The SMILES string of the molecule is CC(O)CCC(=O)N1CC(C)SC(C)C1. The summed E-state index contributed by atoms with van der Waals surface area (Å²) in [6, 6.07) is 0. The molecule has 1 fully saturated rings. The van der Waals surface area contributed by atoms with Gasteiger partial charge in [-0.25, -0.2) is 0 Å². The van der Waals surface area contributed by atoms with Crippen LogP contribution in [0.25, 0.3) is 0 Å². The van der Waals surface area contributed by atoms with Gasteiger partial charge in [-0.05, 0) is 13.3 Å². The zero-order valence-electron chi connectivity index (χ0n) is 9.77. The summed E-state index contributed by atoms with van der Waals surface area (Å²) >= 11 is 1.94. The van der Waals surface area contributed by atoms with E-state index in [-0.39, 0.29) is 12.0 Å². The maximum absolute atomic E-state index is 11.8. The standard InChI is InChI=1S/C11H21NO2S/c1-8(13)4-5-11(14)12-6-9(2)15-10(3)7-12/h8-10,13H,4-7H2,1-3H3. The molecule has 88 valence electrons. The maximum Gasteiger partial charge on any atom is 0.222 e. The molecular formula is C11H21NO2S. The van der Waals surface area contributed by atoms with Gasteiger partial charge in [0.1, 0.15) is 0 Å². The van der Waals surface area contributed by atoms with Crippen molar-refractivity contribution < 1.29 is 9.90 Å². The average molecular weight is 231 g/mol. The third-order valence-electron chi connectivity index (χ3n) is 2.55. The van der Waals surface area contributed by atoms with Gasteiger partial charge in [0.25, 0.3) is 0 Å². The molecule has 3 nitrogen and oxygen atoms in total. The van der Waals surface area contributed by atoms with Crippen molar-refractivity contribution in [3.63, 3.8) is 0 Å². The Kier molecular flexibility index (Phi) is 4.93. The number of rotatable bonds is 3. The molecule has 0 saturated carbocycles. The van der Waals surface area contributed by atoms with Gasteiger partial charge in [-0.15, -0.1) is 0 Å². The minimum absolute atomic E-state index is 0.190. The van der Waals surface area contributed by atoms with Crippen LogP contribution in [-0.2, 0) is 4.79 Å². The number of thioether (sulfide) groups is 1. The van der Waals surface area contributed by atoms with Gasteiger partial charge in [0.05, 0.1) is 6.10 Å². The van der Waals surface area contributed by atoms with Crippen molar-refractivity contribution in [1.82, 2.24) is 4.90 Å². The molecule has 1 N–H and O–H groups in total. The van der Waals surface area contributed by atoms with Gasteiger partial charge >= 0.3 is 0 Å². The molecule has 1 saturated heterocycles. The van der Waals surface area contributed by atoms with E-state index in [4.69, 9.17) is 5.11 Å². The van der Waals surface area contributed by atoms with Crippen molar-refractivity contribution in [3.05, 3.63) is 0 Å². The third-order valence-corrected chi connectivity index (χ3v) is 3.78. The lowest BCUT2D eigenvalue weighted by Gasteiger charge is -2.34. The number of nitrogens with zero attached hydrogens (tertiary/aromatic N) is 1. The number of amides is 1. The smallest absolute Gasteiger partial charge is 0.222 e. The van der Waals surface area contributed by atoms with E-state index < -0.39 is 0 Å². The van der Waals surface area contributed by atoms with E-state index in [2.05, 4.69) is 13.8 Å². The zero-order chi connectivity index (χ0) is 11.4. The number of carbonyl (C=O) groups excluding carboxylic acids is 1. The topological polar surface area (TPSA) is 40.5 Å². The summed E-state index contributed by atoms with van der Waals surface area (Å²) in [5.41, 5.74) is 0. The maximum atomic E-state index is 11.8. The Morgan fingerprint density at radius 1 is 1.47 bits per heavy atom. The Morgan fingerprint density at radius 2 is 2.00 bits per heavy atom. The molecule has 1 aliphatic heterocycles. The van der Waals surface area contributed by atoms with E-state index in [0.717, 1.165) is 13.1 Å². The molecule has 0 aromatic carbocycles. The quantitative estimate of drug-likeness (QED) is 0.800. The Hall–Kier alpha value is -0.220. The van der Waals surface area contributed by atoms with E-state index in [1.54, 1.807) is 6.92 Å². The number of aliphatic hydroxyl groups is 1. The van der Waals surface area contributed by atoms with Gasteiger partial charge < -0.3 is 10.0 Å². The second kappa shape index (κ2) is 5.75. The van der Waals surface area contributed by atoms with E-state index in [1.165, 1.54) is 0 Å². The Bertz CT molecular complexity index is 211. The van der Waals surface area contributed by atoms with E-state index in [1.807, 2.05) is 16.7 Å². The average Bonchev–Trinajstić information content (AvgIpc) is 2.12. The van der Waals surface area contributed by atoms with Crippen LogP contribution in [0, 0.1) is 0 Å². The molecule has 1 amide bonds. The molecule has 1 rings (SSSR count). The van der Waals surface area contributed by atoms with Gasteiger partial charge in [-0.2, -0.15) is 11.8 Å². The summed E-state index contributed by atoms with van der Waals surface area (Å²) in [6.07, 6.45) is 0.676. The molecule has 0 aromatic rings. The van der Waals surface area contributed by atoms with Crippen LogP contribution in [0.15, 0.2) is 0 Å². The molecule has 4 heteroatoms. The first kappa shape index (κ1) is 12.8. The Morgan fingerprint density at radius 3 is 2.47 bits per heavy atom. The second-order valence-electron chi connectivity index (χ2n) is 4.44. The van der Waals surface area contributed by atoms with Crippen molar-refractivity contribution in [1.29, 1.82) is 0 Å². The number of carbonyl (C=O) groups is 1. The van der Waals surface area contributed by atoms with Crippen LogP contribution >= 0.6 is 11.8 Å². The molecule has 0 aliphatic carbocycles. The lowest BCUT2D eigenvalue weighted by atomic mass is 10.2. The summed E-state index contributed by atoms with van der Waals surface area (Å²) in [5, 5.41) is 10.2. The first-order valence-electron chi connectivity index (χ1n) is 5.60. The summed E-state index contributed by atoms with van der Waals surface area (Å²) in [4.78, 5) is 13.7. The molecule has 1 aliphatic rings. The first-order chi connectivity index (χ1) is 6.99. The summed E-state index contributed by atoms with van der Waals surface area (Å²) < 4.78 is 0. The monoisotopic (exact) mass is 231 g/mol. The van der Waals surface area contributed by atoms with Gasteiger partial charge in [0.2, 0.25) is 5.91 Å². The number of aliphatic hydroxyl groups excluding tert-OH is 1. The summed E-state index contributed by atoms with van der Waals surface area (Å²) in [7, 11) is 0. The van der Waals surface area contributed by atoms with Gasteiger partial charge in [0, 0.05) is 30.0 Å². The van der Waals surface area contributed by atoms with Crippen LogP contribution in [0.1, 0.15) is 33.6 Å². The van der Waals surface area contributed by atoms with E-state index >= 15 is 0 Å². The normalized spacial score (nSPS) is 28.9. The van der Waals surface area contributed by atoms with Gasteiger partial charge in [-0.3, -0.25) is 4.79 Å². The highest BCUT2D eigenvalue weighted by atomic mass is 32.2. The number of hydrogen-bond acceptors (Lipinski definition) is 3. The van der Waals surface area contributed by atoms with Crippen molar-refractivity contribution >= 4 is 17.7 Å². The van der Waals surface area contributed by atoms with Gasteiger partial charge in [-0.1, -0.05) is 13.8 Å². The van der Waals surface area contributed by atoms with Crippen LogP contribution in [-0.4, -0.2) is 45.6 Å². The zero-order valence-corrected chi connectivity index (χ0v) is 10.6. The second-order valence-corrected chi connectivity index (χ2v) is 6.33. The van der Waals surface area contributed by atoms with Gasteiger partial charge in [0.15, 0.2) is 0 Å². The highest BCUT2D eigenvalue weighted by Gasteiger charge is 2.25. The molecule has 3 unspecified atom stereocenters. The molecule has 1 heterocycles.